The van der Waals surface area contributed by atoms with Crippen LogP contribution in [-0.4, -0.2) is 42.0 Å². The lowest BCUT2D eigenvalue weighted by Crippen LogP contribution is -2.39. The van der Waals surface area contributed by atoms with Crippen LogP contribution in [0.2, 0.25) is 0 Å². The highest BCUT2D eigenvalue weighted by Gasteiger charge is 2.23. The Morgan fingerprint density at radius 1 is 1.11 bits per heavy atom. The van der Waals surface area contributed by atoms with E-state index in [2.05, 4.69) is 53.7 Å². The van der Waals surface area contributed by atoms with Crippen LogP contribution in [0.4, 0.5) is 5.13 Å². The smallest absolute Gasteiger partial charge is 0.261 e. The highest BCUT2D eigenvalue weighted by atomic mass is 79.9. The van der Waals surface area contributed by atoms with Gasteiger partial charge in [0.05, 0.1) is 15.8 Å². The molecule has 0 bridgehead atoms. The number of thiazole rings is 1. The Balaban J connectivity index is 1.97. The second-order valence-corrected chi connectivity index (χ2v) is 8.29. The zero-order chi connectivity index (χ0) is 19.4. The molecule has 1 aromatic heterocycles. The molecule has 0 N–H and O–H groups in total. The van der Waals surface area contributed by atoms with E-state index in [4.69, 9.17) is 4.98 Å². The minimum absolute atomic E-state index is 0.0228. The average Bonchev–Trinajstić information content (AvgIpc) is 3.08. The fourth-order valence-electron chi connectivity index (χ4n) is 2.98. The highest BCUT2D eigenvalue weighted by molar-refractivity contribution is 9.10. The molecule has 0 saturated heterocycles. The molecule has 0 aliphatic carbocycles. The lowest BCUT2D eigenvalue weighted by molar-refractivity contribution is 0.0983. The first-order chi connectivity index (χ1) is 13.0. The van der Waals surface area contributed by atoms with Crippen LogP contribution < -0.4 is 4.90 Å². The summed E-state index contributed by atoms with van der Waals surface area (Å²) in [6.07, 6.45) is 0. The zero-order valence-corrected chi connectivity index (χ0v) is 18.3. The lowest BCUT2D eigenvalue weighted by Gasteiger charge is -2.25. The first-order valence-electron chi connectivity index (χ1n) is 9.19. The first-order valence-corrected chi connectivity index (χ1v) is 10.8. The molecular formula is C21H24BrN3OS. The number of carbonyl (C=O) groups excluding carboxylic acids is 1. The summed E-state index contributed by atoms with van der Waals surface area (Å²) < 4.78 is 1.91. The van der Waals surface area contributed by atoms with Crippen molar-refractivity contribution in [1.29, 1.82) is 0 Å². The quantitative estimate of drug-likeness (QED) is 0.491. The van der Waals surface area contributed by atoms with Crippen molar-refractivity contribution in [3.05, 3.63) is 58.1 Å². The van der Waals surface area contributed by atoms with Crippen LogP contribution in [0.5, 0.6) is 0 Å². The number of anilines is 1. The Morgan fingerprint density at radius 2 is 1.85 bits per heavy atom. The van der Waals surface area contributed by atoms with Gasteiger partial charge in [-0.3, -0.25) is 9.69 Å². The van der Waals surface area contributed by atoms with Crippen molar-refractivity contribution in [1.82, 2.24) is 9.88 Å². The largest absolute Gasteiger partial charge is 0.302 e. The molecule has 0 aliphatic heterocycles. The third kappa shape index (κ3) is 4.57. The number of aromatic nitrogens is 1. The van der Waals surface area contributed by atoms with Gasteiger partial charge in [0.25, 0.3) is 5.91 Å². The van der Waals surface area contributed by atoms with Crippen LogP contribution >= 0.6 is 27.3 Å². The maximum Gasteiger partial charge on any atom is 0.261 e. The van der Waals surface area contributed by atoms with Crippen molar-refractivity contribution in [2.45, 2.75) is 20.8 Å². The minimum Gasteiger partial charge on any atom is -0.302 e. The Hall–Kier alpha value is -1.76. The molecule has 142 valence electrons. The second-order valence-electron chi connectivity index (χ2n) is 6.43. The Labute approximate surface area is 172 Å². The van der Waals surface area contributed by atoms with Gasteiger partial charge in [0.2, 0.25) is 0 Å². The number of aryl methyl sites for hydroxylation is 1. The van der Waals surface area contributed by atoms with Crippen LogP contribution in [0, 0.1) is 6.92 Å². The summed E-state index contributed by atoms with van der Waals surface area (Å²) in [6.45, 7) is 9.72. The van der Waals surface area contributed by atoms with Crippen LogP contribution in [-0.2, 0) is 0 Å². The van der Waals surface area contributed by atoms with E-state index in [1.54, 1.807) is 11.3 Å². The first kappa shape index (κ1) is 20.0. The van der Waals surface area contributed by atoms with Crippen molar-refractivity contribution < 1.29 is 4.79 Å². The maximum atomic E-state index is 13.3. The number of rotatable bonds is 7. The molecule has 3 rings (SSSR count). The average molecular weight is 446 g/mol. The van der Waals surface area contributed by atoms with Crippen LogP contribution in [0.25, 0.3) is 10.2 Å². The van der Waals surface area contributed by atoms with E-state index in [1.165, 1.54) is 5.56 Å². The van der Waals surface area contributed by atoms with Gasteiger partial charge in [0.15, 0.2) is 5.13 Å². The number of likely N-dealkylation sites (N-methyl/N-ethyl adjacent to an activating group) is 1. The predicted octanol–water partition coefficient (Wildman–Crippen LogP) is 5.36. The van der Waals surface area contributed by atoms with Gasteiger partial charge in [0, 0.05) is 17.6 Å². The van der Waals surface area contributed by atoms with Gasteiger partial charge in [-0.15, -0.1) is 0 Å². The molecule has 4 nitrogen and oxygen atoms in total. The summed E-state index contributed by atoms with van der Waals surface area (Å²) in [5, 5.41) is 0.753. The molecule has 6 heteroatoms. The number of hydrogen-bond acceptors (Lipinski definition) is 4. The van der Waals surface area contributed by atoms with E-state index in [-0.39, 0.29) is 5.91 Å². The summed E-state index contributed by atoms with van der Waals surface area (Å²) in [4.78, 5) is 22.2. The fourth-order valence-corrected chi connectivity index (χ4v) is 4.52. The number of benzene rings is 2. The number of amides is 1. The zero-order valence-electron chi connectivity index (χ0n) is 15.9. The van der Waals surface area contributed by atoms with Gasteiger partial charge in [-0.25, -0.2) is 4.98 Å². The molecule has 0 saturated carbocycles. The summed E-state index contributed by atoms with van der Waals surface area (Å²) in [6, 6.07) is 13.8. The standard InChI is InChI=1S/C21H24BrN3OS/c1-4-24(5-2)12-13-25(20(26)16-8-6-7-9-17(16)22)21-23-18-11-10-15(3)14-19(18)27-21/h6-11,14H,4-5,12-13H2,1-3H3. The molecule has 3 aromatic rings. The Bertz CT molecular complexity index is 936. The third-order valence-electron chi connectivity index (χ3n) is 4.65. The highest BCUT2D eigenvalue weighted by Crippen LogP contribution is 2.31. The molecule has 2 aromatic carbocycles. The maximum absolute atomic E-state index is 13.3. The molecule has 0 spiro atoms. The van der Waals surface area contributed by atoms with E-state index in [1.807, 2.05) is 35.2 Å². The molecule has 1 amide bonds. The van der Waals surface area contributed by atoms with Crippen LogP contribution in [0.1, 0.15) is 29.8 Å². The normalized spacial score (nSPS) is 11.3. The predicted molar refractivity (Wildman–Crippen MR) is 118 cm³/mol. The monoisotopic (exact) mass is 445 g/mol. The molecule has 0 unspecified atom stereocenters. The van der Waals surface area contributed by atoms with E-state index in [9.17, 15) is 4.79 Å². The SMILES string of the molecule is CCN(CC)CCN(C(=O)c1ccccc1Br)c1nc2ccc(C)cc2s1. The summed E-state index contributed by atoms with van der Waals surface area (Å²) >= 11 is 5.09. The molecule has 0 fully saturated rings. The van der Waals surface area contributed by atoms with Crippen molar-refractivity contribution in [2.24, 2.45) is 0 Å². The number of nitrogens with zero attached hydrogens (tertiary/aromatic N) is 3. The number of hydrogen-bond donors (Lipinski definition) is 0. The topological polar surface area (TPSA) is 36.4 Å². The van der Waals surface area contributed by atoms with E-state index in [0.717, 1.165) is 39.5 Å². The van der Waals surface area contributed by atoms with Gasteiger partial charge in [-0.2, -0.15) is 0 Å². The van der Waals surface area contributed by atoms with Crippen LogP contribution in [0.3, 0.4) is 0 Å². The summed E-state index contributed by atoms with van der Waals surface area (Å²) in [7, 11) is 0. The fraction of sp³-hybridized carbons (Fsp3) is 0.333. The van der Waals surface area contributed by atoms with E-state index >= 15 is 0 Å². The molecule has 0 radical (unpaired) electrons. The van der Waals surface area contributed by atoms with Crippen molar-refractivity contribution in [3.8, 4) is 0 Å². The molecule has 1 heterocycles. The van der Waals surface area contributed by atoms with Gasteiger partial charge in [-0.05, 0) is 65.8 Å². The van der Waals surface area contributed by atoms with Gasteiger partial charge < -0.3 is 4.90 Å². The number of carbonyl (C=O) groups is 1. The summed E-state index contributed by atoms with van der Waals surface area (Å²) in [5.74, 6) is -0.0228. The Morgan fingerprint density at radius 3 is 2.56 bits per heavy atom. The lowest BCUT2D eigenvalue weighted by atomic mass is 10.2. The second kappa shape index (κ2) is 8.95. The minimum atomic E-state index is -0.0228. The van der Waals surface area contributed by atoms with E-state index in [0.29, 0.717) is 12.1 Å². The van der Waals surface area contributed by atoms with Gasteiger partial charge >= 0.3 is 0 Å². The molecule has 27 heavy (non-hydrogen) atoms. The number of fused-ring (bicyclic) bond motifs is 1. The molecule has 0 atom stereocenters. The third-order valence-corrected chi connectivity index (χ3v) is 6.38. The van der Waals surface area contributed by atoms with Gasteiger partial charge in [0.1, 0.15) is 0 Å². The van der Waals surface area contributed by atoms with Crippen LogP contribution in [0.15, 0.2) is 46.9 Å². The van der Waals surface area contributed by atoms with E-state index < -0.39 is 0 Å². The number of halogens is 1. The van der Waals surface area contributed by atoms with Crippen molar-refractivity contribution in [3.63, 3.8) is 0 Å². The van der Waals surface area contributed by atoms with Crippen molar-refractivity contribution >= 4 is 48.5 Å². The van der Waals surface area contributed by atoms with Crippen molar-refractivity contribution in [2.75, 3.05) is 31.1 Å². The molecule has 0 aliphatic rings. The molecular weight excluding hydrogens is 422 g/mol. The Kier molecular flexibility index (Phi) is 6.63. The van der Waals surface area contributed by atoms with Gasteiger partial charge in [-0.1, -0.05) is 43.4 Å². The summed E-state index contributed by atoms with van der Waals surface area (Å²) in [5.41, 5.74) is 2.80.